The Morgan fingerprint density at radius 3 is 2.65 bits per heavy atom. The molecule has 0 aliphatic carbocycles. The van der Waals surface area contributed by atoms with Crippen molar-refractivity contribution in [2.75, 3.05) is 5.75 Å². The van der Waals surface area contributed by atoms with Gasteiger partial charge >= 0.3 is 12.0 Å². The first-order valence-corrected chi connectivity index (χ1v) is 8.41. The fourth-order valence-corrected chi connectivity index (χ4v) is 4.30. The summed E-state index contributed by atoms with van der Waals surface area (Å²) >= 11 is 1.54. The van der Waals surface area contributed by atoms with Crippen LogP contribution in [0.2, 0.25) is 0 Å². The number of nitrogens with one attached hydrogen (secondary N) is 1. The van der Waals surface area contributed by atoms with Crippen molar-refractivity contribution in [1.82, 2.24) is 10.2 Å². The van der Waals surface area contributed by atoms with Crippen LogP contribution in [-0.2, 0) is 19.1 Å². The van der Waals surface area contributed by atoms with Crippen LogP contribution in [0.3, 0.4) is 0 Å². The molecule has 2 aliphatic rings. The Bertz CT molecular complexity index is 553. The van der Waals surface area contributed by atoms with Crippen LogP contribution in [0.4, 0.5) is 4.79 Å². The number of thioether (sulfide) groups is 1. The molecule has 9 heteroatoms. The van der Waals surface area contributed by atoms with Crippen molar-refractivity contribution in [3.63, 3.8) is 0 Å². The van der Waals surface area contributed by atoms with E-state index in [0.29, 0.717) is 18.6 Å². The fourth-order valence-electron chi connectivity index (χ4n) is 2.88. The van der Waals surface area contributed by atoms with Gasteiger partial charge < -0.3 is 15.4 Å². The summed E-state index contributed by atoms with van der Waals surface area (Å²) in [4.78, 5) is 48.4. The topological polar surface area (TPSA) is 119 Å². The van der Waals surface area contributed by atoms with Crippen molar-refractivity contribution in [2.24, 2.45) is 11.7 Å². The van der Waals surface area contributed by atoms with Gasteiger partial charge in [0.1, 0.15) is 6.04 Å². The average Bonchev–Trinajstić information content (AvgIpc) is 2.92. The predicted octanol–water partition coefficient (Wildman–Crippen LogP) is 0.203. The van der Waals surface area contributed by atoms with Crippen molar-refractivity contribution >= 4 is 35.6 Å². The molecule has 0 radical (unpaired) electrons. The van der Waals surface area contributed by atoms with Crippen LogP contribution in [0.1, 0.15) is 33.6 Å². The summed E-state index contributed by atoms with van der Waals surface area (Å²) in [5.74, 6) is -1.38. The standard InChI is InChI=1S/C14H21N3O5S/c1-7(2)10(11(19)16-13(15)21)22-12(20)8-6-23-14(3)5-4-9(18)17(8)14/h7-8,10H,4-6H2,1-3H3,(H3,15,16,19,21)/t8-,10+,14+/m1/s1. The molecule has 2 rings (SSSR count). The molecule has 2 fully saturated rings. The highest BCUT2D eigenvalue weighted by atomic mass is 32.2. The normalized spacial score (nSPS) is 27.7. The summed E-state index contributed by atoms with van der Waals surface area (Å²) in [5, 5.41) is 1.92. The van der Waals surface area contributed by atoms with E-state index in [0.717, 1.165) is 0 Å². The van der Waals surface area contributed by atoms with Gasteiger partial charge in [-0.05, 0) is 19.3 Å². The van der Waals surface area contributed by atoms with Gasteiger partial charge in [0.05, 0.1) is 4.87 Å². The number of hydrogen-bond donors (Lipinski definition) is 2. The zero-order valence-corrected chi connectivity index (χ0v) is 14.1. The lowest BCUT2D eigenvalue weighted by Crippen LogP contribution is -2.50. The van der Waals surface area contributed by atoms with E-state index in [2.05, 4.69) is 0 Å². The molecular weight excluding hydrogens is 322 g/mol. The van der Waals surface area contributed by atoms with Crippen LogP contribution in [0.5, 0.6) is 0 Å². The monoisotopic (exact) mass is 343 g/mol. The van der Waals surface area contributed by atoms with E-state index in [1.165, 1.54) is 11.8 Å². The van der Waals surface area contributed by atoms with Crippen LogP contribution in [-0.4, -0.2) is 51.5 Å². The molecule has 3 N–H and O–H groups in total. The number of esters is 1. The van der Waals surface area contributed by atoms with Crippen LogP contribution in [0.25, 0.3) is 0 Å². The van der Waals surface area contributed by atoms with E-state index in [-0.39, 0.29) is 16.7 Å². The number of fused-ring (bicyclic) bond motifs is 1. The minimum absolute atomic E-state index is 0.0814. The second-order valence-corrected chi connectivity index (χ2v) is 7.72. The second kappa shape index (κ2) is 6.38. The number of ether oxygens (including phenoxy) is 1. The van der Waals surface area contributed by atoms with Gasteiger partial charge in [-0.25, -0.2) is 9.59 Å². The molecule has 2 heterocycles. The number of carbonyl (C=O) groups is 4. The average molecular weight is 343 g/mol. The molecule has 23 heavy (non-hydrogen) atoms. The zero-order chi connectivity index (χ0) is 17.4. The summed E-state index contributed by atoms with van der Waals surface area (Å²) in [6, 6.07) is -1.71. The first kappa shape index (κ1) is 17.6. The van der Waals surface area contributed by atoms with Gasteiger partial charge in [0.15, 0.2) is 6.10 Å². The molecule has 2 saturated heterocycles. The molecule has 0 aromatic carbocycles. The lowest BCUT2D eigenvalue weighted by Gasteiger charge is -2.30. The van der Waals surface area contributed by atoms with E-state index in [9.17, 15) is 19.2 Å². The summed E-state index contributed by atoms with van der Waals surface area (Å²) in [6.45, 7) is 5.30. The maximum absolute atomic E-state index is 12.5. The lowest BCUT2D eigenvalue weighted by atomic mass is 10.1. The Morgan fingerprint density at radius 1 is 1.43 bits per heavy atom. The number of carbonyl (C=O) groups excluding carboxylic acids is 4. The maximum Gasteiger partial charge on any atom is 0.330 e. The fraction of sp³-hybridized carbons (Fsp3) is 0.714. The Balaban J connectivity index is 2.09. The minimum Gasteiger partial charge on any atom is -0.450 e. The summed E-state index contributed by atoms with van der Waals surface area (Å²) in [5.41, 5.74) is 4.92. The third kappa shape index (κ3) is 3.44. The largest absolute Gasteiger partial charge is 0.450 e. The molecule has 0 unspecified atom stereocenters. The van der Waals surface area contributed by atoms with Gasteiger partial charge in [0.25, 0.3) is 5.91 Å². The SMILES string of the molecule is CC(C)[C@H](OC(=O)[C@H]1CS[C@@]2(C)CCC(=O)N12)C(=O)NC(N)=O. The van der Waals surface area contributed by atoms with Crippen LogP contribution >= 0.6 is 11.8 Å². The third-order valence-electron chi connectivity index (χ3n) is 4.07. The molecule has 2 aliphatic heterocycles. The van der Waals surface area contributed by atoms with E-state index in [1.54, 1.807) is 18.7 Å². The van der Waals surface area contributed by atoms with Crippen molar-refractivity contribution in [1.29, 1.82) is 0 Å². The van der Waals surface area contributed by atoms with Gasteiger partial charge in [-0.2, -0.15) is 0 Å². The quantitative estimate of drug-likeness (QED) is 0.704. The number of imide groups is 1. The van der Waals surface area contributed by atoms with E-state index < -0.39 is 30.1 Å². The van der Waals surface area contributed by atoms with Gasteiger partial charge in [-0.3, -0.25) is 14.9 Å². The number of amides is 4. The molecule has 0 aromatic heterocycles. The molecule has 128 valence electrons. The lowest BCUT2D eigenvalue weighted by molar-refractivity contribution is -0.164. The van der Waals surface area contributed by atoms with E-state index >= 15 is 0 Å². The molecule has 0 saturated carbocycles. The Labute approximate surface area is 138 Å². The second-order valence-electron chi connectivity index (χ2n) is 6.22. The zero-order valence-electron chi connectivity index (χ0n) is 13.3. The minimum atomic E-state index is -1.13. The molecule has 0 spiro atoms. The summed E-state index contributed by atoms with van der Waals surface area (Å²) < 4.78 is 5.29. The highest BCUT2D eigenvalue weighted by molar-refractivity contribution is 8.01. The van der Waals surface area contributed by atoms with Crippen molar-refractivity contribution in [3.8, 4) is 0 Å². The van der Waals surface area contributed by atoms with Gasteiger partial charge in [-0.15, -0.1) is 11.8 Å². The third-order valence-corrected chi connectivity index (χ3v) is 5.58. The van der Waals surface area contributed by atoms with Crippen LogP contribution in [0.15, 0.2) is 0 Å². The van der Waals surface area contributed by atoms with E-state index in [4.69, 9.17) is 10.5 Å². The number of nitrogens with zero attached hydrogens (tertiary/aromatic N) is 1. The van der Waals surface area contributed by atoms with Gasteiger partial charge in [0.2, 0.25) is 5.91 Å². The Morgan fingerprint density at radius 2 is 2.09 bits per heavy atom. The number of primary amides is 1. The van der Waals surface area contributed by atoms with Gasteiger partial charge in [0, 0.05) is 12.2 Å². The molecular formula is C14H21N3O5S. The Kier molecular flexibility index (Phi) is 4.88. The van der Waals surface area contributed by atoms with Crippen LogP contribution in [0, 0.1) is 5.92 Å². The molecule has 8 nitrogen and oxygen atoms in total. The smallest absolute Gasteiger partial charge is 0.330 e. The highest BCUT2D eigenvalue weighted by Gasteiger charge is 2.54. The number of nitrogens with two attached hydrogens (primary N) is 1. The molecule has 4 amide bonds. The predicted molar refractivity (Wildman–Crippen MR) is 83.2 cm³/mol. The van der Waals surface area contributed by atoms with Crippen LogP contribution < -0.4 is 11.1 Å². The molecule has 0 bridgehead atoms. The van der Waals surface area contributed by atoms with Crippen molar-refractivity contribution < 1.29 is 23.9 Å². The van der Waals surface area contributed by atoms with Crippen molar-refractivity contribution in [3.05, 3.63) is 0 Å². The maximum atomic E-state index is 12.5. The van der Waals surface area contributed by atoms with Gasteiger partial charge in [-0.1, -0.05) is 13.8 Å². The number of rotatable bonds is 4. The number of hydrogen-bond acceptors (Lipinski definition) is 6. The summed E-state index contributed by atoms with van der Waals surface area (Å²) in [6.07, 6.45) is -0.0383. The number of urea groups is 1. The first-order chi connectivity index (χ1) is 10.7. The first-order valence-electron chi connectivity index (χ1n) is 7.42. The molecule has 0 aromatic rings. The van der Waals surface area contributed by atoms with Crippen molar-refractivity contribution in [2.45, 2.75) is 50.6 Å². The highest BCUT2D eigenvalue weighted by Crippen LogP contribution is 2.47. The van der Waals surface area contributed by atoms with E-state index in [1.807, 2.05) is 12.2 Å². The Hall–Kier alpha value is -1.77. The summed E-state index contributed by atoms with van der Waals surface area (Å²) in [7, 11) is 0. The molecule has 3 atom stereocenters.